The highest BCUT2D eigenvalue weighted by atomic mass is 15.3. The molecule has 0 aliphatic rings. The van der Waals surface area contributed by atoms with Gasteiger partial charge in [-0.2, -0.15) is 10.2 Å². The molecule has 3 aromatic rings. The summed E-state index contributed by atoms with van der Waals surface area (Å²) in [6.07, 6.45) is 3.82. The highest BCUT2D eigenvalue weighted by molar-refractivity contribution is 5.73. The van der Waals surface area contributed by atoms with Gasteiger partial charge >= 0.3 is 0 Å². The SMILES string of the molecule is Cc1nn(C)cc1-c1nn(Cc2ccccc2)cc1N. The Labute approximate surface area is 117 Å². The van der Waals surface area contributed by atoms with Crippen LogP contribution >= 0.6 is 0 Å². The minimum absolute atomic E-state index is 0.678. The van der Waals surface area contributed by atoms with Crippen molar-refractivity contribution >= 4 is 5.69 Å². The summed E-state index contributed by atoms with van der Waals surface area (Å²) in [6.45, 7) is 2.68. The van der Waals surface area contributed by atoms with Crippen LogP contribution in [0.15, 0.2) is 42.7 Å². The number of nitrogens with zero attached hydrogens (tertiary/aromatic N) is 4. The van der Waals surface area contributed by atoms with Crippen molar-refractivity contribution in [1.29, 1.82) is 0 Å². The predicted molar refractivity (Wildman–Crippen MR) is 79.1 cm³/mol. The van der Waals surface area contributed by atoms with Crippen molar-refractivity contribution in [3.63, 3.8) is 0 Å². The first-order valence-corrected chi connectivity index (χ1v) is 6.51. The Morgan fingerprint density at radius 3 is 2.50 bits per heavy atom. The maximum atomic E-state index is 6.08. The van der Waals surface area contributed by atoms with Crippen LogP contribution in [0.25, 0.3) is 11.3 Å². The van der Waals surface area contributed by atoms with Crippen LogP contribution in [0.4, 0.5) is 5.69 Å². The third kappa shape index (κ3) is 2.30. The molecule has 3 rings (SSSR count). The van der Waals surface area contributed by atoms with Crippen molar-refractivity contribution in [2.24, 2.45) is 7.05 Å². The van der Waals surface area contributed by atoms with Gasteiger partial charge in [0.2, 0.25) is 0 Å². The third-order valence-corrected chi connectivity index (χ3v) is 3.25. The van der Waals surface area contributed by atoms with E-state index < -0.39 is 0 Å². The number of nitrogen functional groups attached to an aromatic ring is 1. The lowest BCUT2D eigenvalue weighted by molar-refractivity contribution is 0.689. The predicted octanol–water partition coefficient (Wildman–Crippen LogP) is 2.22. The van der Waals surface area contributed by atoms with E-state index in [0.29, 0.717) is 12.2 Å². The fourth-order valence-electron chi connectivity index (χ4n) is 2.33. The molecule has 0 saturated carbocycles. The number of hydrogen-bond acceptors (Lipinski definition) is 3. The molecular formula is C15H17N5. The molecule has 102 valence electrons. The fraction of sp³-hybridized carbons (Fsp3) is 0.200. The number of aryl methyl sites for hydroxylation is 2. The Hall–Kier alpha value is -2.56. The van der Waals surface area contributed by atoms with Gasteiger partial charge < -0.3 is 5.73 Å². The van der Waals surface area contributed by atoms with Crippen LogP contribution in [0.5, 0.6) is 0 Å². The van der Waals surface area contributed by atoms with Crippen LogP contribution < -0.4 is 5.73 Å². The quantitative estimate of drug-likeness (QED) is 0.791. The van der Waals surface area contributed by atoms with Crippen LogP contribution in [-0.2, 0) is 13.6 Å². The summed E-state index contributed by atoms with van der Waals surface area (Å²) >= 11 is 0. The largest absolute Gasteiger partial charge is 0.396 e. The van der Waals surface area contributed by atoms with Gasteiger partial charge in [-0.25, -0.2) is 0 Å². The van der Waals surface area contributed by atoms with E-state index in [1.165, 1.54) is 5.56 Å². The second kappa shape index (κ2) is 4.85. The molecule has 5 nitrogen and oxygen atoms in total. The van der Waals surface area contributed by atoms with Gasteiger partial charge in [0, 0.05) is 25.0 Å². The summed E-state index contributed by atoms with van der Waals surface area (Å²) in [5.74, 6) is 0. The lowest BCUT2D eigenvalue weighted by atomic mass is 10.2. The minimum Gasteiger partial charge on any atom is -0.396 e. The molecule has 1 aromatic carbocycles. The lowest BCUT2D eigenvalue weighted by Gasteiger charge is -2.00. The van der Waals surface area contributed by atoms with E-state index >= 15 is 0 Å². The van der Waals surface area contributed by atoms with E-state index in [1.54, 1.807) is 4.68 Å². The zero-order chi connectivity index (χ0) is 14.1. The zero-order valence-electron chi connectivity index (χ0n) is 11.6. The molecular weight excluding hydrogens is 250 g/mol. The van der Waals surface area contributed by atoms with Crippen molar-refractivity contribution in [2.75, 3.05) is 5.73 Å². The van der Waals surface area contributed by atoms with E-state index in [-0.39, 0.29) is 0 Å². The molecule has 0 aliphatic heterocycles. The van der Waals surface area contributed by atoms with Gasteiger partial charge in [0.05, 0.1) is 17.9 Å². The van der Waals surface area contributed by atoms with Crippen molar-refractivity contribution in [1.82, 2.24) is 19.6 Å². The smallest absolute Gasteiger partial charge is 0.119 e. The summed E-state index contributed by atoms with van der Waals surface area (Å²) in [6, 6.07) is 10.2. The molecule has 0 saturated heterocycles. The number of rotatable bonds is 3. The van der Waals surface area contributed by atoms with E-state index in [1.807, 2.05) is 49.2 Å². The molecule has 0 radical (unpaired) electrons. The van der Waals surface area contributed by atoms with Gasteiger partial charge in [0.25, 0.3) is 0 Å². The first-order chi connectivity index (χ1) is 9.63. The number of anilines is 1. The Morgan fingerprint density at radius 1 is 1.10 bits per heavy atom. The monoisotopic (exact) mass is 267 g/mol. The molecule has 0 amide bonds. The second-order valence-corrected chi connectivity index (χ2v) is 4.92. The van der Waals surface area contributed by atoms with E-state index in [4.69, 9.17) is 5.73 Å². The van der Waals surface area contributed by atoms with E-state index in [9.17, 15) is 0 Å². The summed E-state index contributed by atoms with van der Waals surface area (Å²) in [7, 11) is 1.90. The van der Waals surface area contributed by atoms with Crippen molar-refractivity contribution in [2.45, 2.75) is 13.5 Å². The molecule has 2 heterocycles. The Kier molecular flexibility index (Phi) is 3.02. The number of benzene rings is 1. The van der Waals surface area contributed by atoms with Crippen molar-refractivity contribution in [3.8, 4) is 11.3 Å². The molecule has 20 heavy (non-hydrogen) atoms. The fourth-order valence-corrected chi connectivity index (χ4v) is 2.33. The molecule has 5 heteroatoms. The van der Waals surface area contributed by atoms with Crippen molar-refractivity contribution < 1.29 is 0 Å². The maximum absolute atomic E-state index is 6.08. The van der Waals surface area contributed by atoms with E-state index in [0.717, 1.165) is 17.0 Å². The zero-order valence-corrected chi connectivity index (χ0v) is 11.6. The molecule has 2 N–H and O–H groups in total. The minimum atomic E-state index is 0.678. The van der Waals surface area contributed by atoms with Gasteiger partial charge in [-0.05, 0) is 12.5 Å². The highest BCUT2D eigenvalue weighted by Crippen LogP contribution is 2.26. The van der Waals surface area contributed by atoms with Crippen LogP contribution in [-0.4, -0.2) is 19.6 Å². The summed E-state index contributed by atoms with van der Waals surface area (Å²) < 4.78 is 3.65. The Morgan fingerprint density at radius 2 is 1.85 bits per heavy atom. The molecule has 0 atom stereocenters. The Balaban J connectivity index is 1.93. The van der Waals surface area contributed by atoms with E-state index in [2.05, 4.69) is 22.3 Å². The maximum Gasteiger partial charge on any atom is 0.119 e. The molecule has 0 fully saturated rings. The van der Waals surface area contributed by atoms with Crippen LogP contribution in [0.1, 0.15) is 11.3 Å². The molecule has 0 bridgehead atoms. The molecule has 2 aromatic heterocycles. The normalized spacial score (nSPS) is 10.9. The van der Waals surface area contributed by atoms with Gasteiger partial charge in [-0.3, -0.25) is 9.36 Å². The topological polar surface area (TPSA) is 61.7 Å². The number of nitrogens with two attached hydrogens (primary N) is 1. The standard InChI is InChI=1S/C15H17N5/c1-11-13(9-19(2)17-11)15-14(16)10-20(18-15)8-12-6-4-3-5-7-12/h3-7,9-10H,8,16H2,1-2H3. The van der Waals surface area contributed by atoms with Gasteiger partial charge in [0.15, 0.2) is 0 Å². The highest BCUT2D eigenvalue weighted by Gasteiger charge is 2.13. The van der Waals surface area contributed by atoms with Gasteiger partial charge in [0.1, 0.15) is 5.69 Å². The first-order valence-electron chi connectivity index (χ1n) is 6.51. The average Bonchev–Trinajstić information content (AvgIpc) is 2.93. The number of hydrogen-bond donors (Lipinski definition) is 1. The average molecular weight is 267 g/mol. The van der Waals surface area contributed by atoms with Crippen molar-refractivity contribution in [3.05, 3.63) is 54.0 Å². The Bertz CT molecular complexity index is 724. The second-order valence-electron chi connectivity index (χ2n) is 4.92. The van der Waals surface area contributed by atoms with Gasteiger partial charge in [-0.15, -0.1) is 0 Å². The summed E-state index contributed by atoms with van der Waals surface area (Å²) in [5.41, 5.74) is 10.7. The summed E-state index contributed by atoms with van der Waals surface area (Å²) in [5, 5.41) is 8.92. The van der Waals surface area contributed by atoms with Gasteiger partial charge in [-0.1, -0.05) is 30.3 Å². The van der Waals surface area contributed by atoms with Crippen LogP contribution in [0.2, 0.25) is 0 Å². The summed E-state index contributed by atoms with van der Waals surface area (Å²) in [4.78, 5) is 0. The third-order valence-electron chi connectivity index (χ3n) is 3.25. The molecule has 0 aliphatic carbocycles. The lowest BCUT2D eigenvalue weighted by Crippen LogP contribution is -2.00. The van der Waals surface area contributed by atoms with Crippen LogP contribution in [0.3, 0.4) is 0 Å². The van der Waals surface area contributed by atoms with Crippen LogP contribution in [0, 0.1) is 6.92 Å². The molecule has 0 unspecified atom stereocenters. The first kappa shape index (κ1) is 12.5. The number of aromatic nitrogens is 4. The molecule has 0 spiro atoms.